The minimum Gasteiger partial charge on any atom is -0.493 e. The van der Waals surface area contributed by atoms with Gasteiger partial charge in [-0.1, -0.05) is 18.2 Å². The molecular formula is C22H21N5O3. The van der Waals surface area contributed by atoms with E-state index >= 15 is 0 Å². The number of nitrogens with zero attached hydrogens (tertiary/aromatic N) is 3. The fraction of sp³-hybridized carbons (Fsp3) is 0.136. The van der Waals surface area contributed by atoms with E-state index in [0.717, 1.165) is 27.7 Å². The SMILES string of the molecule is COc1ccc(-c2[nH]ncc2C=NNC(=O)c2cn(C)c3ccccc23)cc1OC. The molecule has 0 fully saturated rings. The van der Waals surface area contributed by atoms with Crippen LogP contribution in [-0.2, 0) is 7.05 Å². The van der Waals surface area contributed by atoms with Gasteiger partial charge in [-0.3, -0.25) is 9.89 Å². The number of aromatic amines is 1. The van der Waals surface area contributed by atoms with E-state index in [2.05, 4.69) is 20.7 Å². The van der Waals surface area contributed by atoms with Crippen molar-refractivity contribution in [2.24, 2.45) is 12.1 Å². The number of hydrazone groups is 1. The van der Waals surface area contributed by atoms with Crippen LogP contribution in [0.25, 0.3) is 22.2 Å². The van der Waals surface area contributed by atoms with Crippen molar-refractivity contribution in [3.8, 4) is 22.8 Å². The van der Waals surface area contributed by atoms with Crippen LogP contribution < -0.4 is 14.9 Å². The summed E-state index contributed by atoms with van der Waals surface area (Å²) >= 11 is 0. The average Bonchev–Trinajstić information content (AvgIpc) is 3.38. The van der Waals surface area contributed by atoms with Crippen molar-refractivity contribution in [1.29, 1.82) is 0 Å². The summed E-state index contributed by atoms with van der Waals surface area (Å²) < 4.78 is 12.6. The van der Waals surface area contributed by atoms with E-state index < -0.39 is 0 Å². The zero-order chi connectivity index (χ0) is 21.1. The Kier molecular flexibility index (Phi) is 5.21. The second-order valence-corrected chi connectivity index (χ2v) is 6.64. The summed E-state index contributed by atoms with van der Waals surface area (Å²) in [5.41, 5.74) is 6.47. The van der Waals surface area contributed by atoms with E-state index in [1.807, 2.05) is 54.1 Å². The van der Waals surface area contributed by atoms with Gasteiger partial charge in [0.2, 0.25) is 0 Å². The van der Waals surface area contributed by atoms with Gasteiger partial charge in [0, 0.05) is 35.3 Å². The van der Waals surface area contributed by atoms with Gasteiger partial charge in [0.15, 0.2) is 11.5 Å². The molecule has 0 spiro atoms. The fourth-order valence-corrected chi connectivity index (χ4v) is 3.36. The highest BCUT2D eigenvalue weighted by Crippen LogP contribution is 2.32. The maximum absolute atomic E-state index is 12.6. The van der Waals surface area contributed by atoms with Crippen molar-refractivity contribution in [2.75, 3.05) is 14.2 Å². The Bertz CT molecular complexity index is 1240. The van der Waals surface area contributed by atoms with E-state index in [4.69, 9.17) is 9.47 Å². The van der Waals surface area contributed by atoms with Crippen LogP contribution in [-0.4, -0.2) is 41.1 Å². The molecule has 0 saturated heterocycles. The van der Waals surface area contributed by atoms with Gasteiger partial charge in [-0.15, -0.1) is 0 Å². The van der Waals surface area contributed by atoms with Crippen LogP contribution in [0.2, 0.25) is 0 Å². The highest BCUT2D eigenvalue weighted by Gasteiger charge is 2.13. The number of nitrogens with one attached hydrogen (secondary N) is 2. The molecule has 8 nitrogen and oxygen atoms in total. The molecule has 2 aromatic carbocycles. The lowest BCUT2D eigenvalue weighted by molar-refractivity contribution is 0.0956. The van der Waals surface area contributed by atoms with E-state index in [9.17, 15) is 4.79 Å². The molecule has 152 valence electrons. The summed E-state index contributed by atoms with van der Waals surface area (Å²) in [5.74, 6) is 0.967. The topological polar surface area (TPSA) is 93.5 Å². The van der Waals surface area contributed by atoms with Crippen LogP contribution in [0.15, 0.2) is 60.0 Å². The number of hydrogen-bond acceptors (Lipinski definition) is 5. The van der Waals surface area contributed by atoms with Gasteiger partial charge < -0.3 is 14.0 Å². The molecular weight excluding hydrogens is 382 g/mol. The zero-order valence-corrected chi connectivity index (χ0v) is 16.8. The number of hydrogen-bond donors (Lipinski definition) is 2. The molecule has 30 heavy (non-hydrogen) atoms. The standard InChI is InChI=1S/C22H21N5O3/c1-27-13-17(16-6-4-5-7-18(16)27)22(28)26-24-12-15-11-23-25-21(15)14-8-9-19(29-2)20(10-14)30-3/h4-13H,1-3H3,(H,23,25)(H,26,28). The largest absolute Gasteiger partial charge is 0.493 e. The lowest BCUT2D eigenvalue weighted by atomic mass is 10.1. The molecule has 2 heterocycles. The Morgan fingerprint density at radius 2 is 1.97 bits per heavy atom. The molecule has 0 bridgehead atoms. The Morgan fingerprint density at radius 1 is 1.17 bits per heavy atom. The molecule has 0 unspecified atom stereocenters. The van der Waals surface area contributed by atoms with Crippen molar-refractivity contribution in [2.45, 2.75) is 0 Å². The molecule has 2 N–H and O–H groups in total. The third-order valence-corrected chi connectivity index (χ3v) is 4.85. The first-order valence-electron chi connectivity index (χ1n) is 9.25. The maximum atomic E-state index is 12.6. The zero-order valence-electron chi connectivity index (χ0n) is 16.8. The summed E-state index contributed by atoms with van der Waals surface area (Å²) in [4.78, 5) is 12.6. The van der Waals surface area contributed by atoms with Gasteiger partial charge in [0.25, 0.3) is 5.91 Å². The molecule has 4 rings (SSSR count). The number of methoxy groups -OCH3 is 2. The summed E-state index contributed by atoms with van der Waals surface area (Å²) in [5, 5.41) is 12.0. The fourth-order valence-electron chi connectivity index (χ4n) is 3.36. The number of rotatable bonds is 6. The number of H-pyrrole nitrogens is 1. The molecule has 0 aliphatic heterocycles. The van der Waals surface area contributed by atoms with Crippen LogP contribution >= 0.6 is 0 Å². The first-order valence-corrected chi connectivity index (χ1v) is 9.25. The Morgan fingerprint density at radius 3 is 2.77 bits per heavy atom. The number of fused-ring (bicyclic) bond motifs is 1. The first kappa shape index (κ1) is 19.3. The van der Waals surface area contributed by atoms with Crippen molar-refractivity contribution in [1.82, 2.24) is 20.2 Å². The van der Waals surface area contributed by atoms with Crippen LogP contribution in [0.5, 0.6) is 11.5 Å². The second kappa shape index (κ2) is 8.12. The third-order valence-electron chi connectivity index (χ3n) is 4.85. The predicted octanol–water partition coefficient (Wildman–Crippen LogP) is 3.35. The second-order valence-electron chi connectivity index (χ2n) is 6.64. The van der Waals surface area contributed by atoms with Gasteiger partial charge in [0.05, 0.1) is 37.9 Å². The molecule has 4 aromatic rings. The minimum absolute atomic E-state index is 0.279. The number of ether oxygens (including phenoxy) is 2. The highest BCUT2D eigenvalue weighted by molar-refractivity contribution is 6.07. The molecule has 0 atom stereocenters. The summed E-state index contributed by atoms with van der Waals surface area (Å²) in [7, 11) is 5.08. The van der Waals surface area contributed by atoms with E-state index in [-0.39, 0.29) is 5.91 Å². The van der Waals surface area contributed by atoms with Crippen LogP contribution in [0.4, 0.5) is 0 Å². The Labute approximate surface area is 173 Å². The number of para-hydroxylation sites is 1. The summed E-state index contributed by atoms with van der Waals surface area (Å²) in [6, 6.07) is 13.3. The summed E-state index contributed by atoms with van der Waals surface area (Å²) in [6.45, 7) is 0. The van der Waals surface area contributed by atoms with E-state index in [1.165, 1.54) is 0 Å². The number of aryl methyl sites for hydroxylation is 1. The lowest BCUT2D eigenvalue weighted by Gasteiger charge is -2.09. The highest BCUT2D eigenvalue weighted by atomic mass is 16.5. The van der Waals surface area contributed by atoms with Gasteiger partial charge in [-0.2, -0.15) is 10.2 Å². The van der Waals surface area contributed by atoms with Crippen LogP contribution in [0, 0.1) is 0 Å². The van der Waals surface area contributed by atoms with Crippen molar-refractivity contribution in [3.63, 3.8) is 0 Å². The van der Waals surface area contributed by atoms with E-state index in [0.29, 0.717) is 17.1 Å². The Balaban J connectivity index is 1.55. The number of carbonyl (C=O) groups excluding carboxylic acids is 1. The van der Waals surface area contributed by atoms with Crippen molar-refractivity contribution in [3.05, 3.63) is 66.0 Å². The lowest BCUT2D eigenvalue weighted by Crippen LogP contribution is -2.17. The van der Waals surface area contributed by atoms with Crippen LogP contribution in [0.3, 0.4) is 0 Å². The third kappa shape index (κ3) is 3.50. The van der Waals surface area contributed by atoms with Gasteiger partial charge in [-0.25, -0.2) is 5.43 Å². The summed E-state index contributed by atoms with van der Waals surface area (Å²) in [6.07, 6.45) is 4.99. The molecule has 0 aliphatic carbocycles. The maximum Gasteiger partial charge on any atom is 0.273 e. The monoisotopic (exact) mass is 403 g/mol. The van der Waals surface area contributed by atoms with Crippen molar-refractivity contribution < 1.29 is 14.3 Å². The number of aromatic nitrogens is 3. The predicted molar refractivity (Wildman–Crippen MR) is 115 cm³/mol. The molecule has 1 amide bonds. The number of amides is 1. The first-order chi connectivity index (χ1) is 14.6. The molecule has 2 aromatic heterocycles. The molecule has 8 heteroatoms. The normalized spacial score (nSPS) is 11.2. The average molecular weight is 403 g/mol. The quantitative estimate of drug-likeness (QED) is 0.381. The van der Waals surface area contributed by atoms with Crippen LogP contribution in [0.1, 0.15) is 15.9 Å². The van der Waals surface area contributed by atoms with Gasteiger partial charge >= 0.3 is 0 Å². The molecule has 0 aliphatic rings. The van der Waals surface area contributed by atoms with Gasteiger partial charge in [-0.05, 0) is 24.3 Å². The number of benzene rings is 2. The smallest absolute Gasteiger partial charge is 0.273 e. The minimum atomic E-state index is -0.279. The van der Waals surface area contributed by atoms with Crippen molar-refractivity contribution >= 4 is 23.0 Å². The van der Waals surface area contributed by atoms with E-state index in [1.54, 1.807) is 32.8 Å². The van der Waals surface area contributed by atoms with Gasteiger partial charge in [0.1, 0.15) is 0 Å². The number of carbonyl (C=O) groups is 1. The molecule has 0 saturated carbocycles. The Hall–Kier alpha value is -4.07. The molecule has 0 radical (unpaired) electrons.